The summed E-state index contributed by atoms with van der Waals surface area (Å²) in [4.78, 5) is 13.9. The summed E-state index contributed by atoms with van der Waals surface area (Å²) in [5.74, 6) is 1.14. The zero-order valence-electron chi connectivity index (χ0n) is 11.3. The van der Waals surface area contributed by atoms with Gasteiger partial charge in [-0.05, 0) is 48.7 Å². The molecule has 2 aromatic rings. The van der Waals surface area contributed by atoms with Crippen molar-refractivity contribution in [3.05, 3.63) is 34.6 Å². The minimum absolute atomic E-state index is 0.109. The molecular formula is C13H15ClN4O. The van der Waals surface area contributed by atoms with E-state index in [1.54, 1.807) is 4.90 Å². The summed E-state index contributed by atoms with van der Waals surface area (Å²) in [6.07, 6.45) is 0. The molecule has 0 N–H and O–H groups in total. The van der Waals surface area contributed by atoms with Crippen molar-refractivity contribution < 1.29 is 4.74 Å². The van der Waals surface area contributed by atoms with Crippen LogP contribution in [-0.4, -0.2) is 29.0 Å². The Hall–Kier alpha value is -1.88. The molecule has 0 saturated heterocycles. The number of halogens is 1. The number of aromatic nitrogens is 3. The Morgan fingerprint density at radius 1 is 1.00 bits per heavy atom. The highest BCUT2D eigenvalue weighted by Crippen LogP contribution is 2.22. The van der Waals surface area contributed by atoms with Crippen LogP contribution in [0.5, 0.6) is 11.8 Å². The standard InChI is InChI=1S/C13H15ClN4O/c1-8-5-9(2)7-10(6-8)19-13-16-11(14)15-12(17-13)18(3)4/h5-7H,1-4H3. The van der Waals surface area contributed by atoms with Crippen LogP contribution in [0.4, 0.5) is 5.95 Å². The topological polar surface area (TPSA) is 51.1 Å². The van der Waals surface area contributed by atoms with Gasteiger partial charge in [0.05, 0.1) is 0 Å². The van der Waals surface area contributed by atoms with Crippen LogP contribution in [0.1, 0.15) is 11.1 Å². The molecule has 6 heteroatoms. The first kappa shape index (κ1) is 13.5. The van der Waals surface area contributed by atoms with Crippen LogP contribution in [0.15, 0.2) is 18.2 Å². The zero-order valence-corrected chi connectivity index (χ0v) is 12.1. The second-order valence-corrected chi connectivity index (χ2v) is 4.84. The van der Waals surface area contributed by atoms with Crippen LogP contribution < -0.4 is 9.64 Å². The van der Waals surface area contributed by atoms with E-state index in [9.17, 15) is 0 Å². The van der Waals surface area contributed by atoms with Gasteiger partial charge in [0.25, 0.3) is 0 Å². The van der Waals surface area contributed by atoms with Crippen molar-refractivity contribution in [2.24, 2.45) is 0 Å². The first-order valence-corrected chi connectivity index (χ1v) is 6.17. The second-order valence-electron chi connectivity index (χ2n) is 4.51. The number of hydrogen-bond acceptors (Lipinski definition) is 5. The minimum Gasteiger partial charge on any atom is -0.424 e. The summed E-state index contributed by atoms with van der Waals surface area (Å²) >= 11 is 5.85. The van der Waals surface area contributed by atoms with Crippen LogP contribution in [0.2, 0.25) is 5.28 Å². The van der Waals surface area contributed by atoms with Gasteiger partial charge in [-0.1, -0.05) is 6.07 Å². The van der Waals surface area contributed by atoms with Gasteiger partial charge in [-0.2, -0.15) is 15.0 Å². The predicted octanol–water partition coefficient (Wildman–Crippen LogP) is 3.00. The van der Waals surface area contributed by atoms with Crippen LogP contribution in [0.3, 0.4) is 0 Å². The molecule has 19 heavy (non-hydrogen) atoms. The fraction of sp³-hybridized carbons (Fsp3) is 0.308. The summed E-state index contributed by atoms with van der Waals surface area (Å²) in [5.41, 5.74) is 2.23. The summed E-state index contributed by atoms with van der Waals surface area (Å²) in [6, 6.07) is 6.09. The SMILES string of the molecule is Cc1cc(C)cc(Oc2nc(Cl)nc(N(C)C)n2)c1. The Kier molecular flexibility index (Phi) is 3.85. The van der Waals surface area contributed by atoms with Crippen molar-refractivity contribution in [1.29, 1.82) is 0 Å². The number of ether oxygens (including phenoxy) is 1. The van der Waals surface area contributed by atoms with Crippen LogP contribution in [0, 0.1) is 13.8 Å². The molecule has 0 aliphatic carbocycles. The molecule has 1 aromatic carbocycles. The number of benzene rings is 1. The highest BCUT2D eigenvalue weighted by atomic mass is 35.5. The molecule has 0 fully saturated rings. The smallest absolute Gasteiger partial charge is 0.328 e. The average molecular weight is 279 g/mol. The summed E-state index contributed by atoms with van der Waals surface area (Å²) < 4.78 is 5.64. The van der Waals surface area contributed by atoms with Gasteiger partial charge in [-0.15, -0.1) is 0 Å². The van der Waals surface area contributed by atoms with Crippen molar-refractivity contribution in [2.75, 3.05) is 19.0 Å². The van der Waals surface area contributed by atoms with E-state index in [2.05, 4.69) is 21.0 Å². The molecule has 0 amide bonds. The minimum atomic E-state index is 0.109. The maximum atomic E-state index is 5.85. The second kappa shape index (κ2) is 5.40. The average Bonchev–Trinajstić information content (AvgIpc) is 2.26. The molecule has 0 atom stereocenters. The van der Waals surface area contributed by atoms with Gasteiger partial charge in [-0.3, -0.25) is 0 Å². The van der Waals surface area contributed by atoms with E-state index < -0.39 is 0 Å². The van der Waals surface area contributed by atoms with Crippen molar-refractivity contribution in [3.63, 3.8) is 0 Å². The number of rotatable bonds is 3. The molecule has 0 bridgehead atoms. The first-order valence-electron chi connectivity index (χ1n) is 5.79. The lowest BCUT2D eigenvalue weighted by Crippen LogP contribution is -2.13. The van der Waals surface area contributed by atoms with E-state index in [1.165, 1.54) is 0 Å². The largest absolute Gasteiger partial charge is 0.424 e. The molecule has 100 valence electrons. The zero-order chi connectivity index (χ0) is 14.0. The third kappa shape index (κ3) is 3.54. The van der Waals surface area contributed by atoms with Crippen molar-refractivity contribution in [1.82, 2.24) is 15.0 Å². The molecule has 1 aromatic heterocycles. The molecular weight excluding hydrogens is 264 g/mol. The van der Waals surface area contributed by atoms with E-state index in [0.29, 0.717) is 11.7 Å². The molecule has 2 rings (SSSR count). The van der Waals surface area contributed by atoms with E-state index in [0.717, 1.165) is 11.1 Å². The quantitative estimate of drug-likeness (QED) is 0.864. The van der Waals surface area contributed by atoms with Gasteiger partial charge in [0.1, 0.15) is 5.75 Å². The van der Waals surface area contributed by atoms with Gasteiger partial charge in [-0.25, -0.2) is 0 Å². The molecule has 0 spiro atoms. The fourth-order valence-corrected chi connectivity index (χ4v) is 1.81. The monoisotopic (exact) mass is 278 g/mol. The van der Waals surface area contributed by atoms with Gasteiger partial charge in [0, 0.05) is 14.1 Å². The Labute approximate surface area is 117 Å². The lowest BCUT2D eigenvalue weighted by atomic mass is 10.1. The fourth-order valence-electron chi connectivity index (χ4n) is 1.66. The summed E-state index contributed by atoms with van der Waals surface area (Å²) in [6.45, 7) is 4.01. The van der Waals surface area contributed by atoms with E-state index in [4.69, 9.17) is 16.3 Å². The Bertz CT molecular complexity index is 581. The number of anilines is 1. The lowest BCUT2D eigenvalue weighted by Gasteiger charge is -2.11. The maximum absolute atomic E-state index is 5.85. The van der Waals surface area contributed by atoms with Crippen molar-refractivity contribution in [3.8, 4) is 11.8 Å². The van der Waals surface area contributed by atoms with Crippen molar-refractivity contribution >= 4 is 17.5 Å². The number of aryl methyl sites for hydroxylation is 2. The van der Waals surface area contributed by atoms with Gasteiger partial charge >= 0.3 is 6.01 Å². The van der Waals surface area contributed by atoms with Crippen LogP contribution >= 0.6 is 11.6 Å². The third-order valence-corrected chi connectivity index (χ3v) is 2.55. The molecule has 0 radical (unpaired) electrons. The van der Waals surface area contributed by atoms with Crippen LogP contribution in [0.25, 0.3) is 0 Å². The normalized spacial score (nSPS) is 10.4. The van der Waals surface area contributed by atoms with Gasteiger partial charge in [0.15, 0.2) is 0 Å². The molecule has 0 aliphatic heterocycles. The summed E-state index contributed by atoms with van der Waals surface area (Å²) in [5, 5.41) is 0.109. The van der Waals surface area contributed by atoms with Gasteiger partial charge < -0.3 is 9.64 Å². The highest BCUT2D eigenvalue weighted by molar-refractivity contribution is 6.28. The molecule has 0 aliphatic rings. The Morgan fingerprint density at radius 2 is 1.63 bits per heavy atom. The Morgan fingerprint density at radius 3 is 2.21 bits per heavy atom. The van der Waals surface area contributed by atoms with Crippen molar-refractivity contribution in [2.45, 2.75) is 13.8 Å². The number of nitrogens with zero attached hydrogens (tertiary/aromatic N) is 4. The highest BCUT2D eigenvalue weighted by Gasteiger charge is 2.09. The predicted molar refractivity (Wildman–Crippen MR) is 75.2 cm³/mol. The first-order chi connectivity index (χ1) is 8.94. The molecule has 0 unspecified atom stereocenters. The van der Waals surface area contributed by atoms with E-state index >= 15 is 0 Å². The van der Waals surface area contributed by atoms with E-state index in [1.807, 2.05) is 40.1 Å². The van der Waals surface area contributed by atoms with E-state index in [-0.39, 0.29) is 11.3 Å². The summed E-state index contributed by atoms with van der Waals surface area (Å²) in [7, 11) is 3.65. The maximum Gasteiger partial charge on any atom is 0.328 e. The van der Waals surface area contributed by atoms with Crippen LogP contribution in [-0.2, 0) is 0 Å². The molecule has 5 nitrogen and oxygen atoms in total. The Balaban J connectivity index is 2.32. The molecule has 0 saturated carbocycles. The third-order valence-electron chi connectivity index (χ3n) is 2.38. The number of hydrogen-bond donors (Lipinski definition) is 0. The lowest BCUT2D eigenvalue weighted by molar-refractivity contribution is 0.439. The van der Waals surface area contributed by atoms with Gasteiger partial charge in [0.2, 0.25) is 11.2 Å². The molecule has 1 heterocycles.